The van der Waals surface area contributed by atoms with Crippen LogP contribution in [-0.2, 0) is 4.74 Å². The third-order valence-corrected chi connectivity index (χ3v) is 3.11. The molecule has 0 aromatic rings. The van der Waals surface area contributed by atoms with E-state index in [0.29, 0.717) is 12.8 Å². The minimum absolute atomic E-state index is 0.0847. The van der Waals surface area contributed by atoms with E-state index in [-0.39, 0.29) is 5.60 Å². The van der Waals surface area contributed by atoms with E-state index < -0.39 is 12.2 Å². The summed E-state index contributed by atoms with van der Waals surface area (Å²) in [5, 5.41) is 18.8. The monoisotopic (exact) mass is 172 g/mol. The van der Waals surface area contributed by atoms with Gasteiger partial charge in [0.2, 0.25) is 0 Å². The molecule has 1 spiro atoms. The maximum Gasteiger partial charge on any atom is 0.0826 e. The van der Waals surface area contributed by atoms with Crippen molar-refractivity contribution < 1.29 is 14.9 Å². The molecular formula is C9H16O3. The molecule has 2 aliphatic rings. The van der Waals surface area contributed by atoms with E-state index in [4.69, 9.17) is 4.74 Å². The molecule has 70 valence electrons. The molecule has 0 amide bonds. The van der Waals surface area contributed by atoms with Crippen molar-refractivity contribution in [2.24, 2.45) is 0 Å². The molecule has 2 rings (SSSR count). The number of hydrogen-bond acceptors (Lipinski definition) is 3. The van der Waals surface area contributed by atoms with Gasteiger partial charge in [0, 0.05) is 13.0 Å². The third kappa shape index (κ3) is 1.37. The molecule has 1 aliphatic carbocycles. The zero-order chi connectivity index (χ0) is 8.60. The Labute approximate surface area is 72.3 Å². The quantitative estimate of drug-likeness (QED) is 0.557. The summed E-state index contributed by atoms with van der Waals surface area (Å²) in [6, 6.07) is 0. The lowest BCUT2D eigenvalue weighted by atomic mass is 9.80. The fourth-order valence-corrected chi connectivity index (χ4v) is 2.34. The van der Waals surface area contributed by atoms with Gasteiger partial charge < -0.3 is 14.9 Å². The molecule has 3 atom stereocenters. The molecule has 3 heteroatoms. The molecule has 12 heavy (non-hydrogen) atoms. The van der Waals surface area contributed by atoms with Crippen molar-refractivity contribution in [2.75, 3.05) is 6.61 Å². The molecular weight excluding hydrogens is 156 g/mol. The molecule has 1 saturated heterocycles. The van der Waals surface area contributed by atoms with E-state index in [1.54, 1.807) is 0 Å². The number of rotatable bonds is 0. The van der Waals surface area contributed by atoms with Gasteiger partial charge in [-0.1, -0.05) is 0 Å². The summed E-state index contributed by atoms with van der Waals surface area (Å²) >= 11 is 0. The average molecular weight is 172 g/mol. The Morgan fingerprint density at radius 1 is 1.17 bits per heavy atom. The first-order valence-corrected chi connectivity index (χ1v) is 4.72. The van der Waals surface area contributed by atoms with Crippen molar-refractivity contribution in [3.05, 3.63) is 0 Å². The molecule has 1 heterocycles. The Bertz CT molecular complexity index is 163. The highest BCUT2D eigenvalue weighted by Gasteiger charge is 2.42. The second kappa shape index (κ2) is 2.98. The van der Waals surface area contributed by atoms with Crippen molar-refractivity contribution in [3.63, 3.8) is 0 Å². The normalized spacial score (nSPS) is 48.5. The van der Waals surface area contributed by atoms with E-state index >= 15 is 0 Å². The Morgan fingerprint density at radius 3 is 2.58 bits per heavy atom. The van der Waals surface area contributed by atoms with Gasteiger partial charge in [-0.25, -0.2) is 0 Å². The van der Waals surface area contributed by atoms with Gasteiger partial charge in [-0.3, -0.25) is 0 Å². The van der Waals surface area contributed by atoms with Crippen molar-refractivity contribution in [3.8, 4) is 0 Å². The summed E-state index contributed by atoms with van der Waals surface area (Å²) in [5.74, 6) is 0. The first kappa shape index (κ1) is 8.48. The molecule has 2 N–H and O–H groups in total. The Kier molecular flexibility index (Phi) is 2.10. The molecule has 0 aromatic carbocycles. The molecule has 3 nitrogen and oxygen atoms in total. The van der Waals surface area contributed by atoms with E-state index in [9.17, 15) is 10.2 Å². The highest BCUT2D eigenvalue weighted by atomic mass is 16.5. The van der Waals surface area contributed by atoms with Gasteiger partial charge >= 0.3 is 0 Å². The van der Waals surface area contributed by atoms with Gasteiger partial charge in [0.1, 0.15) is 0 Å². The summed E-state index contributed by atoms with van der Waals surface area (Å²) in [6.45, 7) is 0.822. The van der Waals surface area contributed by atoms with Crippen LogP contribution in [0.4, 0.5) is 0 Å². The van der Waals surface area contributed by atoms with E-state index in [1.165, 1.54) is 0 Å². The minimum Gasteiger partial charge on any atom is -0.390 e. The molecule has 0 radical (unpaired) electrons. The van der Waals surface area contributed by atoms with E-state index in [2.05, 4.69) is 0 Å². The smallest absolute Gasteiger partial charge is 0.0826 e. The Morgan fingerprint density at radius 2 is 2.00 bits per heavy atom. The van der Waals surface area contributed by atoms with Crippen LogP contribution >= 0.6 is 0 Å². The average Bonchev–Trinajstić information content (AvgIpc) is 2.47. The summed E-state index contributed by atoms with van der Waals surface area (Å²) < 4.78 is 5.63. The van der Waals surface area contributed by atoms with Gasteiger partial charge in [-0.05, 0) is 25.7 Å². The second-order valence-corrected chi connectivity index (χ2v) is 4.01. The van der Waals surface area contributed by atoms with Gasteiger partial charge in [-0.15, -0.1) is 0 Å². The van der Waals surface area contributed by atoms with E-state index in [1.807, 2.05) is 0 Å². The lowest BCUT2D eigenvalue weighted by Gasteiger charge is -2.37. The molecule has 0 bridgehead atoms. The fourth-order valence-electron chi connectivity index (χ4n) is 2.34. The highest BCUT2D eigenvalue weighted by Crippen LogP contribution is 2.39. The Balaban J connectivity index is 2.01. The number of aliphatic hydroxyl groups is 2. The van der Waals surface area contributed by atoms with Crippen molar-refractivity contribution in [2.45, 2.75) is 49.9 Å². The third-order valence-electron chi connectivity index (χ3n) is 3.11. The topological polar surface area (TPSA) is 49.7 Å². The first-order chi connectivity index (χ1) is 5.72. The van der Waals surface area contributed by atoms with Gasteiger partial charge in [0.15, 0.2) is 0 Å². The summed E-state index contributed by atoms with van der Waals surface area (Å²) in [6.07, 6.45) is 3.26. The van der Waals surface area contributed by atoms with Crippen molar-refractivity contribution >= 4 is 0 Å². The number of ether oxygens (including phenoxy) is 1. The van der Waals surface area contributed by atoms with Crippen LogP contribution in [0, 0.1) is 0 Å². The van der Waals surface area contributed by atoms with Crippen LogP contribution < -0.4 is 0 Å². The first-order valence-electron chi connectivity index (χ1n) is 4.72. The molecule has 1 saturated carbocycles. The van der Waals surface area contributed by atoms with Crippen molar-refractivity contribution in [1.29, 1.82) is 0 Å². The van der Waals surface area contributed by atoms with Crippen LogP contribution in [0.15, 0.2) is 0 Å². The van der Waals surface area contributed by atoms with Gasteiger partial charge in [-0.2, -0.15) is 0 Å². The van der Waals surface area contributed by atoms with Crippen LogP contribution in [0.3, 0.4) is 0 Å². The fraction of sp³-hybridized carbons (Fsp3) is 1.00. The molecule has 0 unspecified atom stereocenters. The zero-order valence-electron chi connectivity index (χ0n) is 7.20. The SMILES string of the molecule is O[C@@H]1CC[C@@]2(CCCO2)C[C@@H]1O. The van der Waals surface area contributed by atoms with Crippen molar-refractivity contribution in [1.82, 2.24) is 0 Å². The van der Waals surface area contributed by atoms with Crippen LogP contribution in [0.1, 0.15) is 32.1 Å². The summed E-state index contributed by atoms with van der Waals surface area (Å²) in [5.41, 5.74) is -0.0847. The Hall–Kier alpha value is -0.120. The highest BCUT2D eigenvalue weighted by molar-refractivity contribution is 4.94. The molecule has 2 fully saturated rings. The second-order valence-electron chi connectivity index (χ2n) is 4.01. The van der Waals surface area contributed by atoms with Crippen LogP contribution in [-0.4, -0.2) is 34.6 Å². The zero-order valence-corrected chi connectivity index (χ0v) is 7.20. The molecule has 1 aliphatic heterocycles. The van der Waals surface area contributed by atoms with Gasteiger partial charge in [0.25, 0.3) is 0 Å². The molecule has 0 aromatic heterocycles. The summed E-state index contributed by atoms with van der Waals surface area (Å²) in [4.78, 5) is 0. The maximum absolute atomic E-state index is 9.47. The minimum atomic E-state index is -0.572. The maximum atomic E-state index is 9.47. The van der Waals surface area contributed by atoms with Crippen LogP contribution in [0.2, 0.25) is 0 Å². The lowest BCUT2D eigenvalue weighted by molar-refractivity contribution is -0.108. The number of aliphatic hydroxyl groups excluding tert-OH is 2. The predicted molar refractivity (Wildman–Crippen MR) is 43.8 cm³/mol. The number of hydrogen-bond donors (Lipinski definition) is 2. The van der Waals surface area contributed by atoms with E-state index in [0.717, 1.165) is 25.9 Å². The predicted octanol–water partition coefficient (Wildman–Crippen LogP) is 0.441. The van der Waals surface area contributed by atoms with Crippen LogP contribution in [0.25, 0.3) is 0 Å². The largest absolute Gasteiger partial charge is 0.390 e. The van der Waals surface area contributed by atoms with Gasteiger partial charge in [0.05, 0.1) is 17.8 Å². The standard InChI is InChI=1S/C9H16O3/c10-7-2-4-9(6-8(7)11)3-1-5-12-9/h7-8,10-11H,1-6H2/t7-,8+,9+/m1/s1. The summed E-state index contributed by atoms with van der Waals surface area (Å²) in [7, 11) is 0. The van der Waals surface area contributed by atoms with Crippen LogP contribution in [0.5, 0.6) is 0 Å². The lowest BCUT2D eigenvalue weighted by Crippen LogP contribution is -2.44.